The molecule has 7 heteroatoms. The van der Waals surface area contributed by atoms with E-state index in [0.717, 1.165) is 28.3 Å². The number of carbonyl (C=O) groups is 2. The molecule has 1 aromatic carbocycles. The predicted molar refractivity (Wildman–Crippen MR) is 102 cm³/mol. The average molecular weight is 376 g/mol. The Labute approximate surface area is 162 Å². The third-order valence-electron chi connectivity index (χ3n) is 4.69. The lowest BCUT2D eigenvalue weighted by atomic mass is 9.98. The highest BCUT2D eigenvalue weighted by Gasteiger charge is 2.30. The van der Waals surface area contributed by atoms with E-state index in [1.54, 1.807) is 23.0 Å². The summed E-state index contributed by atoms with van der Waals surface area (Å²) in [4.78, 5) is 28.9. The van der Waals surface area contributed by atoms with Crippen LogP contribution in [0, 0.1) is 13.8 Å². The highest BCUT2D eigenvalue weighted by Crippen LogP contribution is 2.20. The summed E-state index contributed by atoms with van der Waals surface area (Å²) in [5, 5.41) is 7.22. The fraction of sp³-hybridized carbons (Fsp3) is 0.238. The van der Waals surface area contributed by atoms with Crippen LogP contribution in [0.15, 0.2) is 48.7 Å². The fourth-order valence-electron chi connectivity index (χ4n) is 3.29. The highest BCUT2D eigenvalue weighted by atomic mass is 16.5. The van der Waals surface area contributed by atoms with Crippen molar-refractivity contribution in [1.29, 1.82) is 0 Å². The van der Waals surface area contributed by atoms with Gasteiger partial charge >= 0.3 is 5.97 Å². The van der Waals surface area contributed by atoms with E-state index in [2.05, 4.69) is 15.4 Å². The van der Waals surface area contributed by atoms with Crippen LogP contribution in [0.25, 0.3) is 5.82 Å². The van der Waals surface area contributed by atoms with Gasteiger partial charge in [0.25, 0.3) is 5.91 Å². The van der Waals surface area contributed by atoms with Crippen molar-refractivity contribution < 1.29 is 14.3 Å². The smallest absolute Gasteiger partial charge is 0.339 e. The Morgan fingerprint density at radius 3 is 2.79 bits per heavy atom. The number of carbonyl (C=O) groups excluding carboxylic acids is 2. The van der Waals surface area contributed by atoms with Crippen molar-refractivity contribution in [1.82, 2.24) is 20.1 Å². The average Bonchev–Trinajstić information content (AvgIpc) is 3.04. The molecule has 0 aliphatic carbocycles. The van der Waals surface area contributed by atoms with E-state index in [-0.39, 0.29) is 5.91 Å². The monoisotopic (exact) mass is 376 g/mol. The van der Waals surface area contributed by atoms with Crippen LogP contribution in [0.3, 0.4) is 0 Å². The Morgan fingerprint density at radius 1 is 1.25 bits per heavy atom. The maximum absolute atomic E-state index is 12.4. The molecule has 1 aliphatic rings. The lowest BCUT2D eigenvalue weighted by molar-refractivity contribution is -0.130. The second-order valence-electron chi connectivity index (χ2n) is 6.84. The summed E-state index contributed by atoms with van der Waals surface area (Å²) in [5.41, 5.74) is 4.14. The molecule has 4 rings (SSSR count). The van der Waals surface area contributed by atoms with Crippen LogP contribution in [0.4, 0.5) is 0 Å². The summed E-state index contributed by atoms with van der Waals surface area (Å²) in [6.07, 6.45) is 1.27. The fourth-order valence-corrected chi connectivity index (χ4v) is 3.29. The molecule has 0 spiro atoms. The van der Waals surface area contributed by atoms with E-state index >= 15 is 0 Å². The Balaban J connectivity index is 1.39. The number of nitrogens with one attached hydrogen (secondary N) is 1. The molecule has 1 N–H and O–H groups in total. The Morgan fingerprint density at radius 2 is 2.07 bits per heavy atom. The van der Waals surface area contributed by atoms with Crippen LogP contribution in [0.2, 0.25) is 0 Å². The Bertz CT molecular complexity index is 1040. The minimum atomic E-state index is -0.815. The van der Waals surface area contributed by atoms with E-state index in [1.165, 1.54) is 0 Å². The van der Waals surface area contributed by atoms with Gasteiger partial charge in [-0.2, -0.15) is 5.10 Å². The first-order chi connectivity index (χ1) is 13.5. The number of pyridine rings is 1. The lowest BCUT2D eigenvalue weighted by Crippen LogP contribution is -2.41. The Hall–Kier alpha value is -3.48. The molecular weight excluding hydrogens is 356 g/mol. The molecule has 0 unspecified atom stereocenters. The molecule has 0 saturated carbocycles. The van der Waals surface area contributed by atoms with Crippen molar-refractivity contribution >= 4 is 11.9 Å². The standard InChI is InChI=1S/C21H20N4O3/c1-13-9-14(2)25(24-13)19-8-7-15(11-22-19)12-23-20(26)18-10-16-5-3-4-6-17(16)21(27)28-18/h3-9,11,18H,10,12H2,1-2H3,(H,23,26)/t18-/m1/s1. The number of amides is 1. The summed E-state index contributed by atoms with van der Waals surface area (Å²) >= 11 is 0. The molecule has 3 heterocycles. The van der Waals surface area contributed by atoms with Crippen molar-refractivity contribution in [2.45, 2.75) is 32.9 Å². The van der Waals surface area contributed by atoms with Crippen LogP contribution >= 0.6 is 0 Å². The number of rotatable bonds is 4. The molecule has 0 bridgehead atoms. The number of benzene rings is 1. The van der Waals surface area contributed by atoms with Gasteiger partial charge < -0.3 is 10.1 Å². The van der Waals surface area contributed by atoms with Crippen molar-refractivity contribution in [3.8, 4) is 5.82 Å². The van der Waals surface area contributed by atoms with Crippen LogP contribution in [0.5, 0.6) is 0 Å². The Kier molecular flexibility index (Phi) is 4.65. The van der Waals surface area contributed by atoms with Gasteiger partial charge in [0.05, 0.1) is 11.3 Å². The molecule has 7 nitrogen and oxygen atoms in total. The topological polar surface area (TPSA) is 86.1 Å². The van der Waals surface area contributed by atoms with Crippen LogP contribution in [0.1, 0.15) is 32.9 Å². The predicted octanol–water partition coefficient (Wildman–Crippen LogP) is 2.28. The van der Waals surface area contributed by atoms with Crippen LogP contribution < -0.4 is 5.32 Å². The van der Waals surface area contributed by atoms with E-state index < -0.39 is 12.1 Å². The van der Waals surface area contributed by atoms with E-state index in [1.807, 2.05) is 44.2 Å². The maximum Gasteiger partial charge on any atom is 0.339 e. The van der Waals surface area contributed by atoms with Gasteiger partial charge in [0.2, 0.25) is 0 Å². The number of cyclic esters (lactones) is 1. The molecule has 0 saturated heterocycles. The summed E-state index contributed by atoms with van der Waals surface area (Å²) < 4.78 is 7.05. The minimum Gasteiger partial charge on any atom is -0.448 e. The van der Waals surface area contributed by atoms with Gasteiger partial charge in [-0.1, -0.05) is 24.3 Å². The summed E-state index contributed by atoms with van der Waals surface area (Å²) in [6, 6.07) is 12.9. The zero-order chi connectivity index (χ0) is 19.7. The number of ether oxygens (including phenoxy) is 1. The second kappa shape index (κ2) is 7.26. The van der Waals surface area contributed by atoms with Crippen LogP contribution in [-0.2, 0) is 22.5 Å². The molecule has 1 amide bonds. The number of nitrogens with zero attached hydrogens (tertiary/aromatic N) is 3. The van der Waals surface area contributed by atoms with Crippen molar-refractivity contribution in [2.75, 3.05) is 0 Å². The molecule has 0 radical (unpaired) electrons. The lowest BCUT2D eigenvalue weighted by Gasteiger charge is -2.23. The van der Waals surface area contributed by atoms with Gasteiger partial charge in [0.15, 0.2) is 11.9 Å². The largest absolute Gasteiger partial charge is 0.448 e. The molecule has 3 aromatic rings. The van der Waals surface area contributed by atoms with Gasteiger partial charge in [-0.05, 0) is 43.2 Å². The first-order valence-electron chi connectivity index (χ1n) is 9.06. The van der Waals surface area contributed by atoms with Crippen molar-refractivity contribution in [3.63, 3.8) is 0 Å². The van der Waals surface area contributed by atoms with Crippen molar-refractivity contribution in [2.24, 2.45) is 0 Å². The van der Waals surface area contributed by atoms with Gasteiger partial charge in [-0.15, -0.1) is 0 Å². The van der Waals surface area contributed by atoms with Gasteiger partial charge in [-0.3, -0.25) is 4.79 Å². The number of esters is 1. The van der Waals surface area contributed by atoms with Crippen LogP contribution in [-0.4, -0.2) is 32.7 Å². The molecular formula is C21H20N4O3. The molecule has 0 fully saturated rings. The van der Waals surface area contributed by atoms with E-state index in [4.69, 9.17) is 4.74 Å². The van der Waals surface area contributed by atoms with E-state index in [0.29, 0.717) is 18.5 Å². The quantitative estimate of drug-likeness (QED) is 0.706. The maximum atomic E-state index is 12.4. The van der Waals surface area contributed by atoms with E-state index in [9.17, 15) is 9.59 Å². The molecule has 2 aromatic heterocycles. The molecule has 28 heavy (non-hydrogen) atoms. The van der Waals surface area contributed by atoms with Gasteiger partial charge in [-0.25, -0.2) is 14.5 Å². The third kappa shape index (κ3) is 3.51. The molecule has 1 aliphatic heterocycles. The van der Waals surface area contributed by atoms with Gasteiger partial charge in [0.1, 0.15) is 0 Å². The summed E-state index contributed by atoms with van der Waals surface area (Å²) in [5.74, 6) is -0.0538. The first kappa shape index (κ1) is 17.9. The zero-order valence-electron chi connectivity index (χ0n) is 15.7. The minimum absolute atomic E-state index is 0.304. The first-order valence-corrected chi connectivity index (χ1v) is 9.06. The SMILES string of the molecule is Cc1cc(C)n(-c2ccc(CNC(=O)[C@H]3Cc4ccccc4C(=O)O3)cn2)n1. The zero-order valence-corrected chi connectivity index (χ0v) is 15.7. The van der Waals surface area contributed by atoms with Crippen molar-refractivity contribution in [3.05, 3.63) is 76.7 Å². The second-order valence-corrected chi connectivity index (χ2v) is 6.84. The highest BCUT2D eigenvalue weighted by molar-refractivity contribution is 5.95. The summed E-state index contributed by atoms with van der Waals surface area (Å²) in [6.45, 7) is 4.21. The number of hydrogen-bond donors (Lipinski definition) is 1. The number of aryl methyl sites for hydroxylation is 2. The number of fused-ring (bicyclic) bond motifs is 1. The molecule has 1 atom stereocenters. The summed E-state index contributed by atoms with van der Waals surface area (Å²) in [7, 11) is 0. The molecule has 142 valence electrons. The third-order valence-corrected chi connectivity index (χ3v) is 4.69. The normalized spacial score (nSPS) is 15.6. The number of aromatic nitrogens is 3. The van der Waals surface area contributed by atoms with Gasteiger partial charge in [0, 0.05) is 24.9 Å². The number of hydrogen-bond acceptors (Lipinski definition) is 5.